The molecule has 108 valence electrons. The SMILES string of the molecule is CC(C)C(=O)c1ccc2c(c1)N(C)C(=O)CC(C)(C)O2. The molecule has 0 saturated carbocycles. The number of fused-ring (bicyclic) bond motifs is 1. The van der Waals surface area contributed by atoms with Crippen LogP contribution in [0.15, 0.2) is 18.2 Å². The first-order chi connectivity index (χ1) is 9.21. The molecule has 2 rings (SSSR count). The summed E-state index contributed by atoms with van der Waals surface area (Å²) in [6.07, 6.45) is 0.311. The predicted octanol–water partition coefficient (Wildman–Crippen LogP) is 3.05. The molecule has 1 aliphatic heterocycles. The molecule has 20 heavy (non-hydrogen) atoms. The van der Waals surface area contributed by atoms with E-state index in [9.17, 15) is 9.59 Å². The van der Waals surface area contributed by atoms with E-state index in [-0.39, 0.29) is 17.6 Å². The third-order valence-corrected chi connectivity index (χ3v) is 3.47. The summed E-state index contributed by atoms with van der Waals surface area (Å²) in [5, 5.41) is 0. The van der Waals surface area contributed by atoms with Gasteiger partial charge >= 0.3 is 0 Å². The van der Waals surface area contributed by atoms with E-state index in [0.717, 1.165) is 0 Å². The standard InChI is InChI=1S/C16H21NO3/c1-10(2)15(19)11-6-7-13-12(8-11)17(5)14(18)9-16(3,4)20-13/h6-8,10H,9H2,1-5H3. The minimum absolute atomic E-state index is 0.0112. The number of ether oxygens (including phenoxy) is 1. The van der Waals surface area contributed by atoms with Crippen LogP contribution in [0.3, 0.4) is 0 Å². The van der Waals surface area contributed by atoms with Crippen molar-refractivity contribution in [2.75, 3.05) is 11.9 Å². The molecule has 1 aromatic rings. The molecule has 0 atom stereocenters. The molecule has 0 aromatic heterocycles. The van der Waals surface area contributed by atoms with Crippen LogP contribution in [0.25, 0.3) is 0 Å². The van der Waals surface area contributed by atoms with Crippen LogP contribution in [0.1, 0.15) is 44.5 Å². The Hall–Kier alpha value is -1.84. The van der Waals surface area contributed by atoms with Crippen molar-refractivity contribution in [2.24, 2.45) is 5.92 Å². The van der Waals surface area contributed by atoms with E-state index in [0.29, 0.717) is 23.4 Å². The number of carbonyl (C=O) groups is 2. The van der Waals surface area contributed by atoms with Crippen LogP contribution in [0.4, 0.5) is 5.69 Å². The lowest BCUT2D eigenvalue weighted by atomic mass is 10.0. The van der Waals surface area contributed by atoms with Crippen LogP contribution < -0.4 is 9.64 Å². The Labute approximate surface area is 119 Å². The molecule has 0 unspecified atom stereocenters. The Morgan fingerprint density at radius 3 is 2.60 bits per heavy atom. The first-order valence-corrected chi connectivity index (χ1v) is 6.85. The molecule has 1 amide bonds. The van der Waals surface area contributed by atoms with Crippen LogP contribution in [0.2, 0.25) is 0 Å². The van der Waals surface area contributed by atoms with Crippen molar-refractivity contribution < 1.29 is 14.3 Å². The average molecular weight is 275 g/mol. The van der Waals surface area contributed by atoms with Gasteiger partial charge in [-0.2, -0.15) is 0 Å². The highest BCUT2D eigenvalue weighted by Crippen LogP contribution is 2.36. The zero-order valence-electron chi connectivity index (χ0n) is 12.7. The summed E-state index contributed by atoms with van der Waals surface area (Å²) < 4.78 is 5.91. The average Bonchev–Trinajstić information content (AvgIpc) is 2.43. The molecule has 0 bridgehead atoms. The maximum absolute atomic E-state index is 12.2. The number of anilines is 1. The molecule has 1 aromatic carbocycles. The first-order valence-electron chi connectivity index (χ1n) is 6.85. The van der Waals surface area contributed by atoms with Crippen molar-refractivity contribution in [3.8, 4) is 5.75 Å². The van der Waals surface area contributed by atoms with Crippen molar-refractivity contribution in [3.05, 3.63) is 23.8 Å². The second-order valence-corrected chi connectivity index (χ2v) is 6.19. The topological polar surface area (TPSA) is 46.6 Å². The number of nitrogens with zero attached hydrogens (tertiary/aromatic N) is 1. The molecular weight excluding hydrogens is 254 g/mol. The molecule has 4 heteroatoms. The van der Waals surface area contributed by atoms with Crippen molar-refractivity contribution in [3.63, 3.8) is 0 Å². The van der Waals surface area contributed by atoms with Gasteiger partial charge in [0.2, 0.25) is 5.91 Å². The van der Waals surface area contributed by atoms with Gasteiger partial charge in [0.15, 0.2) is 5.78 Å². The summed E-state index contributed by atoms with van der Waals surface area (Å²) >= 11 is 0. The zero-order chi connectivity index (χ0) is 15.1. The third kappa shape index (κ3) is 2.69. The van der Waals surface area contributed by atoms with E-state index in [1.807, 2.05) is 27.7 Å². The second kappa shape index (κ2) is 4.93. The highest BCUT2D eigenvalue weighted by atomic mass is 16.5. The van der Waals surface area contributed by atoms with Gasteiger partial charge < -0.3 is 9.64 Å². The molecule has 4 nitrogen and oxygen atoms in total. The lowest BCUT2D eigenvalue weighted by Crippen LogP contribution is -2.34. The van der Waals surface area contributed by atoms with Gasteiger partial charge in [0, 0.05) is 18.5 Å². The summed E-state index contributed by atoms with van der Waals surface area (Å²) in [7, 11) is 1.72. The fourth-order valence-electron chi connectivity index (χ4n) is 2.30. The van der Waals surface area contributed by atoms with Crippen molar-refractivity contribution in [2.45, 2.75) is 39.7 Å². The van der Waals surface area contributed by atoms with E-state index in [2.05, 4.69) is 0 Å². The molecule has 0 fully saturated rings. The van der Waals surface area contributed by atoms with Gasteiger partial charge in [0.05, 0.1) is 12.1 Å². The van der Waals surface area contributed by atoms with Gasteiger partial charge in [-0.3, -0.25) is 9.59 Å². The van der Waals surface area contributed by atoms with Crippen LogP contribution in [-0.4, -0.2) is 24.3 Å². The predicted molar refractivity (Wildman–Crippen MR) is 78.3 cm³/mol. The van der Waals surface area contributed by atoms with Gasteiger partial charge in [0.25, 0.3) is 0 Å². The minimum Gasteiger partial charge on any atom is -0.485 e. The Morgan fingerprint density at radius 2 is 2.00 bits per heavy atom. The number of ketones is 1. The minimum atomic E-state index is -0.542. The van der Waals surface area contributed by atoms with Crippen molar-refractivity contribution in [1.82, 2.24) is 0 Å². The molecule has 1 aliphatic rings. The summed E-state index contributed by atoms with van der Waals surface area (Å²) in [5.41, 5.74) is 0.731. The number of benzene rings is 1. The monoisotopic (exact) mass is 275 g/mol. The number of hydrogen-bond donors (Lipinski definition) is 0. The summed E-state index contributed by atoms with van der Waals surface area (Å²) in [4.78, 5) is 25.8. The van der Waals surface area contributed by atoms with Crippen LogP contribution >= 0.6 is 0 Å². The Kier molecular flexibility index (Phi) is 3.59. The summed E-state index contributed by atoms with van der Waals surface area (Å²) in [6.45, 7) is 7.51. The van der Waals surface area contributed by atoms with Gasteiger partial charge in [0.1, 0.15) is 11.4 Å². The Bertz CT molecular complexity index is 561. The van der Waals surface area contributed by atoms with Gasteiger partial charge in [-0.05, 0) is 32.0 Å². The molecule has 0 radical (unpaired) electrons. The zero-order valence-corrected chi connectivity index (χ0v) is 12.7. The van der Waals surface area contributed by atoms with Crippen LogP contribution in [-0.2, 0) is 4.79 Å². The quantitative estimate of drug-likeness (QED) is 0.779. The van der Waals surface area contributed by atoms with E-state index in [1.165, 1.54) is 0 Å². The molecule has 0 spiro atoms. The van der Waals surface area contributed by atoms with Crippen LogP contribution in [0, 0.1) is 5.92 Å². The highest BCUT2D eigenvalue weighted by Gasteiger charge is 2.32. The highest BCUT2D eigenvalue weighted by molar-refractivity contribution is 6.01. The van der Waals surface area contributed by atoms with E-state index < -0.39 is 5.60 Å². The summed E-state index contributed by atoms with van der Waals surface area (Å²) in [6, 6.07) is 5.29. The largest absolute Gasteiger partial charge is 0.485 e. The van der Waals surface area contributed by atoms with Crippen molar-refractivity contribution in [1.29, 1.82) is 0 Å². The summed E-state index contributed by atoms with van der Waals surface area (Å²) in [5.74, 6) is 0.626. The molecule has 1 heterocycles. The third-order valence-electron chi connectivity index (χ3n) is 3.47. The Morgan fingerprint density at radius 1 is 1.35 bits per heavy atom. The van der Waals surface area contributed by atoms with E-state index in [1.54, 1.807) is 30.1 Å². The second-order valence-electron chi connectivity index (χ2n) is 6.19. The number of rotatable bonds is 2. The number of Topliss-reactive ketones (excluding diaryl/α,β-unsaturated/α-hetero) is 1. The lowest BCUT2D eigenvalue weighted by molar-refractivity contribution is -0.120. The van der Waals surface area contributed by atoms with Gasteiger partial charge in [-0.1, -0.05) is 13.8 Å². The number of amides is 1. The van der Waals surface area contributed by atoms with E-state index >= 15 is 0 Å². The smallest absolute Gasteiger partial charge is 0.230 e. The Balaban J connectivity index is 2.50. The molecule has 0 N–H and O–H groups in total. The molecular formula is C16H21NO3. The van der Waals surface area contributed by atoms with E-state index in [4.69, 9.17) is 4.74 Å². The fourth-order valence-corrected chi connectivity index (χ4v) is 2.30. The maximum atomic E-state index is 12.2. The van der Waals surface area contributed by atoms with Crippen molar-refractivity contribution >= 4 is 17.4 Å². The normalized spacial score (nSPS) is 17.5. The number of hydrogen-bond acceptors (Lipinski definition) is 3. The van der Waals surface area contributed by atoms with Gasteiger partial charge in [-0.25, -0.2) is 0 Å². The number of carbonyl (C=O) groups excluding carboxylic acids is 2. The molecule has 0 aliphatic carbocycles. The molecule has 0 saturated heterocycles. The first kappa shape index (κ1) is 14.6. The fraction of sp³-hybridized carbons (Fsp3) is 0.500. The van der Waals surface area contributed by atoms with Gasteiger partial charge in [-0.15, -0.1) is 0 Å². The van der Waals surface area contributed by atoms with Crippen LogP contribution in [0.5, 0.6) is 5.75 Å². The maximum Gasteiger partial charge on any atom is 0.230 e. The lowest BCUT2D eigenvalue weighted by Gasteiger charge is -2.23.